The van der Waals surface area contributed by atoms with Crippen molar-refractivity contribution < 1.29 is 4.79 Å². The van der Waals surface area contributed by atoms with Gasteiger partial charge in [-0.05, 0) is 37.5 Å². The van der Waals surface area contributed by atoms with Crippen LogP contribution in [-0.2, 0) is 4.79 Å². The molecule has 1 aliphatic heterocycles. The van der Waals surface area contributed by atoms with Crippen molar-refractivity contribution in [2.45, 2.75) is 71.8 Å². The molecule has 1 amide bonds. The first-order chi connectivity index (χ1) is 11.4. The lowest BCUT2D eigenvalue weighted by Gasteiger charge is -2.22. The largest absolute Gasteiger partial charge is 0.356 e. The van der Waals surface area contributed by atoms with Crippen LogP contribution in [0.3, 0.4) is 0 Å². The maximum Gasteiger partial charge on any atom is 0.225 e. The zero-order chi connectivity index (χ0) is 17.6. The highest BCUT2D eigenvalue weighted by atomic mass is 16.2. The fourth-order valence-corrected chi connectivity index (χ4v) is 3.72. The lowest BCUT2D eigenvalue weighted by Crippen LogP contribution is -2.45. The van der Waals surface area contributed by atoms with Crippen LogP contribution in [0.5, 0.6) is 0 Å². The summed E-state index contributed by atoms with van der Waals surface area (Å²) in [7, 11) is 1.81. The third kappa shape index (κ3) is 5.99. The Morgan fingerprint density at radius 1 is 1.21 bits per heavy atom. The van der Waals surface area contributed by atoms with E-state index in [0.29, 0.717) is 23.3 Å². The van der Waals surface area contributed by atoms with E-state index >= 15 is 0 Å². The lowest BCUT2D eigenvalue weighted by atomic mass is 9.91. The van der Waals surface area contributed by atoms with Gasteiger partial charge in [-0.3, -0.25) is 9.79 Å². The van der Waals surface area contributed by atoms with Crippen molar-refractivity contribution in [1.29, 1.82) is 0 Å². The maximum atomic E-state index is 12.5. The van der Waals surface area contributed by atoms with Crippen molar-refractivity contribution >= 4 is 11.9 Å². The van der Waals surface area contributed by atoms with Crippen LogP contribution in [0, 0.1) is 11.3 Å². The Labute approximate surface area is 147 Å². The van der Waals surface area contributed by atoms with E-state index in [2.05, 4.69) is 41.3 Å². The molecule has 0 spiro atoms. The topological polar surface area (TPSA) is 56.7 Å². The number of hydrogen-bond acceptors (Lipinski definition) is 2. The number of hydrogen-bond donors (Lipinski definition) is 2. The molecule has 5 nitrogen and oxygen atoms in total. The second-order valence-corrected chi connectivity index (χ2v) is 8.56. The van der Waals surface area contributed by atoms with Gasteiger partial charge in [0.25, 0.3) is 0 Å². The molecule has 1 heterocycles. The Morgan fingerprint density at radius 2 is 1.92 bits per heavy atom. The number of carbonyl (C=O) groups excluding carboxylic acids is 1. The first-order valence-corrected chi connectivity index (χ1v) is 9.65. The van der Waals surface area contributed by atoms with E-state index in [1.165, 1.54) is 19.3 Å². The SMILES string of the molecule is CN=C(NCCCC(C)(C)C)NC1CCN(C(=O)C2CCCC2)C1. The van der Waals surface area contributed by atoms with E-state index in [1.54, 1.807) is 0 Å². The Kier molecular flexibility index (Phi) is 6.93. The number of nitrogens with one attached hydrogen (secondary N) is 2. The van der Waals surface area contributed by atoms with Gasteiger partial charge in [-0.25, -0.2) is 0 Å². The lowest BCUT2D eigenvalue weighted by molar-refractivity contribution is -0.134. The molecule has 0 bridgehead atoms. The van der Waals surface area contributed by atoms with Crippen molar-refractivity contribution in [3.63, 3.8) is 0 Å². The third-order valence-corrected chi connectivity index (χ3v) is 5.16. The summed E-state index contributed by atoms with van der Waals surface area (Å²) in [6, 6.07) is 0.323. The Hall–Kier alpha value is -1.26. The average Bonchev–Trinajstić information content (AvgIpc) is 3.20. The first kappa shape index (κ1) is 19.1. The van der Waals surface area contributed by atoms with Gasteiger partial charge < -0.3 is 15.5 Å². The van der Waals surface area contributed by atoms with Crippen molar-refractivity contribution in [2.75, 3.05) is 26.7 Å². The summed E-state index contributed by atoms with van der Waals surface area (Å²) in [5.41, 5.74) is 0.380. The Balaban J connectivity index is 1.69. The number of aliphatic imine (C=N–C) groups is 1. The molecule has 0 aromatic rings. The van der Waals surface area contributed by atoms with Gasteiger partial charge in [-0.1, -0.05) is 33.6 Å². The monoisotopic (exact) mass is 336 g/mol. The molecule has 0 aromatic heterocycles. The van der Waals surface area contributed by atoms with Crippen molar-refractivity contribution in [2.24, 2.45) is 16.3 Å². The molecule has 1 unspecified atom stereocenters. The normalized spacial score (nSPS) is 22.9. The molecule has 2 N–H and O–H groups in total. The molecule has 1 aliphatic carbocycles. The zero-order valence-corrected chi connectivity index (χ0v) is 16.0. The second kappa shape index (κ2) is 8.72. The number of amides is 1. The highest BCUT2D eigenvalue weighted by Crippen LogP contribution is 2.27. The molecule has 5 heteroatoms. The zero-order valence-electron chi connectivity index (χ0n) is 16.0. The van der Waals surface area contributed by atoms with Crippen LogP contribution < -0.4 is 10.6 Å². The van der Waals surface area contributed by atoms with Gasteiger partial charge in [0, 0.05) is 38.6 Å². The minimum atomic E-state index is 0.290. The fraction of sp³-hybridized carbons (Fsp3) is 0.895. The van der Waals surface area contributed by atoms with E-state index in [1.807, 2.05) is 7.05 Å². The molecule has 24 heavy (non-hydrogen) atoms. The van der Waals surface area contributed by atoms with E-state index in [0.717, 1.165) is 51.3 Å². The van der Waals surface area contributed by atoms with Gasteiger partial charge in [0.15, 0.2) is 5.96 Å². The summed E-state index contributed by atoms with van der Waals surface area (Å²) in [5.74, 6) is 1.53. The van der Waals surface area contributed by atoms with E-state index in [9.17, 15) is 4.79 Å². The van der Waals surface area contributed by atoms with Crippen molar-refractivity contribution in [3.05, 3.63) is 0 Å². The average molecular weight is 337 g/mol. The molecular weight excluding hydrogens is 300 g/mol. The minimum Gasteiger partial charge on any atom is -0.356 e. The predicted molar refractivity (Wildman–Crippen MR) is 100 cm³/mol. The Morgan fingerprint density at radius 3 is 2.54 bits per heavy atom. The van der Waals surface area contributed by atoms with Gasteiger partial charge in [0.1, 0.15) is 0 Å². The van der Waals surface area contributed by atoms with E-state index in [4.69, 9.17) is 0 Å². The van der Waals surface area contributed by atoms with Crippen LogP contribution in [0.25, 0.3) is 0 Å². The number of guanidine groups is 1. The molecule has 1 saturated heterocycles. The highest BCUT2D eigenvalue weighted by molar-refractivity contribution is 5.81. The maximum absolute atomic E-state index is 12.5. The van der Waals surface area contributed by atoms with Gasteiger partial charge in [-0.15, -0.1) is 0 Å². The van der Waals surface area contributed by atoms with Crippen molar-refractivity contribution in [3.8, 4) is 0 Å². The van der Waals surface area contributed by atoms with Gasteiger partial charge >= 0.3 is 0 Å². The highest BCUT2D eigenvalue weighted by Gasteiger charge is 2.32. The van der Waals surface area contributed by atoms with Gasteiger partial charge in [0.2, 0.25) is 5.91 Å². The number of carbonyl (C=O) groups is 1. The fourth-order valence-electron chi connectivity index (χ4n) is 3.72. The quantitative estimate of drug-likeness (QED) is 0.461. The van der Waals surface area contributed by atoms with E-state index in [-0.39, 0.29) is 0 Å². The van der Waals surface area contributed by atoms with Crippen LogP contribution in [-0.4, -0.2) is 49.5 Å². The summed E-state index contributed by atoms with van der Waals surface area (Å²) >= 11 is 0. The molecule has 1 atom stereocenters. The number of nitrogens with zero attached hydrogens (tertiary/aromatic N) is 2. The predicted octanol–water partition coefficient (Wildman–Crippen LogP) is 2.77. The summed E-state index contributed by atoms with van der Waals surface area (Å²) in [6.07, 6.45) is 7.97. The summed E-state index contributed by atoms with van der Waals surface area (Å²) in [5, 5.41) is 6.89. The standard InChI is InChI=1S/C19H36N4O/c1-19(2,3)11-7-12-21-18(20-4)22-16-10-13-23(14-16)17(24)15-8-5-6-9-15/h15-16H,5-14H2,1-4H3,(H2,20,21,22). The van der Waals surface area contributed by atoms with Gasteiger partial charge in [-0.2, -0.15) is 0 Å². The summed E-state index contributed by atoms with van der Waals surface area (Å²) in [4.78, 5) is 18.9. The van der Waals surface area contributed by atoms with Crippen LogP contribution in [0.4, 0.5) is 0 Å². The van der Waals surface area contributed by atoms with Crippen LogP contribution in [0.1, 0.15) is 65.7 Å². The molecule has 138 valence electrons. The second-order valence-electron chi connectivity index (χ2n) is 8.56. The van der Waals surface area contributed by atoms with Crippen LogP contribution in [0.15, 0.2) is 4.99 Å². The molecule has 1 saturated carbocycles. The smallest absolute Gasteiger partial charge is 0.225 e. The molecular formula is C19H36N4O. The van der Waals surface area contributed by atoms with Gasteiger partial charge in [0.05, 0.1) is 0 Å². The molecule has 0 radical (unpaired) electrons. The van der Waals surface area contributed by atoms with Crippen LogP contribution >= 0.6 is 0 Å². The molecule has 2 fully saturated rings. The van der Waals surface area contributed by atoms with Crippen molar-refractivity contribution in [1.82, 2.24) is 15.5 Å². The number of likely N-dealkylation sites (tertiary alicyclic amines) is 1. The first-order valence-electron chi connectivity index (χ1n) is 9.65. The summed E-state index contributed by atoms with van der Waals surface area (Å²) < 4.78 is 0. The minimum absolute atomic E-state index is 0.290. The molecule has 0 aromatic carbocycles. The summed E-state index contributed by atoms with van der Waals surface area (Å²) in [6.45, 7) is 9.46. The molecule has 2 rings (SSSR count). The Bertz CT molecular complexity index is 435. The third-order valence-electron chi connectivity index (χ3n) is 5.16. The number of rotatable bonds is 5. The molecule has 2 aliphatic rings. The van der Waals surface area contributed by atoms with E-state index < -0.39 is 0 Å². The van der Waals surface area contributed by atoms with Crippen LogP contribution in [0.2, 0.25) is 0 Å².